The number of likely N-dealkylation sites (tertiary alicyclic amines) is 1. The predicted molar refractivity (Wildman–Crippen MR) is 72.8 cm³/mol. The highest BCUT2D eigenvalue weighted by Crippen LogP contribution is 2.18. The molecule has 1 fully saturated rings. The van der Waals surface area contributed by atoms with Crippen molar-refractivity contribution in [2.24, 2.45) is 0 Å². The van der Waals surface area contributed by atoms with Gasteiger partial charge < -0.3 is 14.8 Å². The van der Waals surface area contributed by atoms with Crippen molar-refractivity contribution in [2.45, 2.75) is 45.7 Å². The van der Waals surface area contributed by atoms with E-state index in [0.29, 0.717) is 6.54 Å². The van der Waals surface area contributed by atoms with Crippen LogP contribution in [0.1, 0.15) is 37.0 Å². The Balaban J connectivity index is 1.82. The first-order chi connectivity index (χ1) is 9.29. The molecule has 0 atom stereocenters. The summed E-state index contributed by atoms with van der Waals surface area (Å²) in [4.78, 5) is 19.0. The Labute approximate surface area is 114 Å². The van der Waals surface area contributed by atoms with Gasteiger partial charge in [0, 0.05) is 44.7 Å². The molecule has 0 radical (unpaired) electrons. The molecule has 0 aliphatic carbocycles. The maximum atomic E-state index is 12.3. The molecular formula is C14H22N4O. The largest absolute Gasteiger partial charge is 0.341 e. The Kier molecular flexibility index (Phi) is 3.55. The van der Waals surface area contributed by atoms with E-state index in [0.717, 1.165) is 63.4 Å². The number of hydrogen-bond acceptors (Lipinski definition) is 3. The van der Waals surface area contributed by atoms with E-state index in [9.17, 15) is 4.79 Å². The van der Waals surface area contributed by atoms with Crippen molar-refractivity contribution >= 4 is 5.91 Å². The second kappa shape index (κ2) is 5.33. The number of fused-ring (bicyclic) bond motifs is 1. The quantitative estimate of drug-likeness (QED) is 0.873. The highest BCUT2D eigenvalue weighted by atomic mass is 16.2. The van der Waals surface area contributed by atoms with E-state index in [4.69, 9.17) is 0 Å². The summed E-state index contributed by atoms with van der Waals surface area (Å²) in [7, 11) is 0. The van der Waals surface area contributed by atoms with Gasteiger partial charge in [-0.3, -0.25) is 4.79 Å². The van der Waals surface area contributed by atoms with Gasteiger partial charge in [0.05, 0.1) is 5.69 Å². The second-order valence-electron chi connectivity index (χ2n) is 5.38. The number of amides is 1. The Hall–Kier alpha value is -1.36. The molecule has 19 heavy (non-hydrogen) atoms. The highest BCUT2D eigenvalue weighted by molar-refractivity contribution is 5.76. The minimum Gasteiger partial charge on any atom is -0.341 e. The molecule has 104 valence electrons. The fraction of sp³-hybridized carbons (Fsp3) is 0.714. The van der Waals surface area contributed by atoms with Gasteiger partial charge in [-0.05, 0) is 12.8 Å². The van der Waals surface area contributed by atoms with E-state index in [1.165, 1.54) is 5.69 Å². The number of nitrogens with zero attached hydrogens (tertiary/aromatic N) is 3. The zero-order valence-electron chi connectivity index (χ0n) is 11.6. The number of aromatic nitrogens is 2. The summed E-state index contributed by atoms with van der Waals surface area (Å²) >= 11 is 0. The second-order valence-corrected chi connectivity index (χ2v) is 5.38. The van der Waals surface area contributed by atoms with Gasteiger partial charge >= 0.3 is 0 Å². The van der Waals surface area contributed by atoms with Crippen LogP contribution in [0.2, 0.25) is 0 Å². The minimum atomic E-state index is 0.255. The number of imidazole rings is 1. The number of carbonyl (C=O) groups is 1. The monoisotopic (exact) mass is 262 g/mol. The van der Waals surface area contributed by atoms with Crippen LogP contribution < -0.4 is 5.32 Å². The summed E-state index contributed by atoms with van der Waals surface area (Å²) in [6.45, 7) is 6.27. The Morgan fingerprint density at radius 1 is 1.37 bits per heavy atom. The van der Waals surface area contributed by atoms with Crippen LogP contribution in [0.3, 0.4) is 0 Å². The van der Waals surface area contributed by atoms with Crippen LogP contribution in [-0.2, 0) is 30.7 Å². The first-order valence-corrected chi connectivity index (χ1v) is 7.35. The molecule has 0 saturated carbocycles. The molecule has 5 heteroatoms. The molecule has 2 aliphatic rings. The van der Waals surface area contributed by atoms with E-state index >= 15 is 0 Å². The van der Waals surface area contributed by atoms with Gasteiger partial charge in [0.2, 0.25) is 5.91 Å². The zero-order chi connectivity index (χ0) is 13.2. The molecule has 3 rings (SSSR count). The lowest BCUT2D eigenvalue weighted by Gasteiger charge is -2.19. The number of aryl methyl sites for hydroxylation is 1. The van der Waals surface area contributed by atoms with Crippen molar-refractivity contribution in [3.63, 3.8) is 0 Å². The average Bonchev–Trinajstić information content (AvgIpc) is 3.06. The van der Waals surface area contributed by atoms with Gasteiger partial charge in [-0.1, -0.05) is 6.92 Å². The van der Waals surface area contributed by atoms with Gasteiger partial charge in [-0.2, -0.15) is 0 Å². The lowest BCUT2D eigenvalue weighted by atomic mass is 10.2. The molecular weight excluding hydrogens is 240 g/mol. The van der Waals surface area contributed by atoms with E-state index in [1.54, 1.807) is 0 Å². The molecule has 0 unspecified atom stereocenters. The molecule has 1 aromatic rings. The fourth-order valence-electron chi connectivity index (χ4n) is 3.09. The van der Waals surface area contributed by atoms with Crippen molar-refractivity contribution < 1.29 is 4.79 Å². The summed E-state index contributed by atoms with van der Waals surface area (Å²) in [6, 6.07) is 0. The van der Waals surface area contributed by atoms with Crippen molar-refractivity contribution in [1.82, 2.24) is 19.8 Å². The van der Waals surface area contributed by atoms with E-state index in [1.807, 2.05) is 4.90 Å². The summed E-state index contributed by atoms with van der Waals surface area (Å²) in [6.07, 6.45) is 4.17. The lowest BCUT2D eigenvalue weighted by molar-refractivity contribution is -0.130. The maximum Gasteiger partial charge on any atom is 0.242 e. The maximum absolute atomic E-state index is 12.3. The molecule has 2 aliphatic heterocycles. The van der Waals surface area contributed by atoms with E-state index in [-0.39, 0.29) is 5.91 Å². The van der Waals surface area contributed by atoms with Crippen LogP contribution in [0.4, 0.5) is 0 Å². The third-order valence-electron chi connectivity index (χ3n) is 4.13. The van der Waals surface area contributed by atoms with Crippen LogP contribution in [0.25, 0.3) is 0 Å². The zero-order valence-corrected chi connectivity index (χ0v) is 11.6. The first-order valence-electron chi connectivity index (χ1n) is 7.35. The summed E-state index contributed by atoms with van der Waals surface area (Å²) in [5.41, 5.74) is 2.40. The van der Waals surface area contributed by atoms with Crippen molar-refractivity contribution in [3.05, 3.63) is 17.2 Å². The molecule has 3 heterocycles. The third-order valence-corrected chi connectivity index (χ3v) is 4.13. The standard InChI is InChI=1S/C14H22N4O/c1-2-13-16-11-9-15-6-5-12(11)18(13)10-14(19)17-7-3-4-8-17/h15H,2-10H2,1H3. The lowest BCUT2D eigenvalue weighted by Crippen LogP contribution is -2.33. The molecule has 1 amide bonds. The number of rotatable bonds is 3. The Morgan fingerprint density at radius 2 is 2.16 bits per heavy atom. The molecule has 0 bridgehead atoms. The van der Waals surface area contributed by atoms with Crippen molar-refractivity contribution in [2.75, 3.05) is 19.6 Å². The number of carbonyl (C=O) groups excluding carboxylic acids is 1. The van der Waals surface area contributed by atoms with Gasteiger partial charge in [-0.25, -0.2) is 4.98 Å². The Bertz CT molecular complexity index is 474. The average molecular weight is 262 g/mol. The first kappa shape index (κ1) is 12.7. The summed E-state index contributed by atoms with van der Waals surface area (Å²) in [5.74, 6) is 1.31. The highest BCUT2D eigenvalue weighted by Gasteiger charge is 2.23. The van der Waals surface area contributed by atoms with Crippen molar-refractivity contribution in [3.8, 4) is 0 Å². The summed E-state index contributed by atoms with van der Waals surface area (Å²) in [5, 5.41) is 3.34. The van der Waals surface area contributed by atoms with Gasteiger partial charge in [0.1, 0.15) is 12.4 Å². The van der Waals surface area contributed by atoms with Crippen LogP contribution >= 0.6 is 0 Å². The minimum absolute atomic E-state index is 0.255. The molecule has 1 N–H and O–H groups in total. The fourth-order valence-corrected chi connectivity index (χ4v) is 3.09. The van der Waals surface area contributed by atoms with E-state index < -0.39 is 0 Å². The smallest absolute Gasteiger partial charge is 0.242 e. The molecule has 5 nitrogen and oxygen atoms in total. The van der Waals surface area contributed by atoms with Gasteiger partial charge in [0.15, 0.2) is 0 Å². The topological polar surface area (TPSA) is 50.2 Å². The van der Waals surface area contributed by atoms with Gasteiger partial charge in [-0.15, -0.1) is 0 Å². The SMILES string of the molecule is CCc1nc2c(n1CC(=O)N1CCCC1)CCNC2. The molecule has 0 spiro atoms. The normalized spacial score (nSPS) is 18.7. The van der Waals surface area contributed by atoms with Gasteiger partial charge in [0.25, 0.3) is 0 Å². The van der Waals surface area contributed by atoms with Crippen LogP contribution in [-0.4, -0.2) is 40.0 Å². The van der Waals surface area contributed by atoms with Crippen LogP contribution in [0, 0.1) is 0 Å². The number of hydrogen-bond donors (Lipinski definition) is 1. The predicted octanol–water partition coefficient (Wildman–Crippen LogP) is 0.714. The van der Waals surface area contributed by atoms with Crippen LogP contribution in [0.15, 0.2) is 0 Å². The molecule has 1 aromatic heterocycles. The summed E-state index contributed by atoms with van der Waals surface area (Å²) < 4.78 is 2.16. The Morgan fingerprint density at radius 3 is 2.89 bits per heavy atom. The third kappa shape index (κ3) is 2.39. The molecule has 0 aromatic carbocycles. The van der Waals surface area contributed by atoms with E-state index in [2.05, 4.69) is 21.8 Å². The molecule has 1 saturated heterocycles. The van der Waals surface area contributed by atoms with Crippen LogP contribution in [0.5, 0.6) is 0 Å². The number of nitrogens with one attached hydrogen (secondary N) is 1. The van der Waals surface area contributed by atoms with Crippen molar-refractivity contribution in [1.29, 1.82) is 0 Å².